The van der Waals surface area contributed by atoms with Crippen LogP contribution in [-0.2, 0) is 9.53 Å². The molecule has 0 unspecified atom stereocenters. The van der Waals surface area contributed by atoms with Crippen molar-refractivity contribution in [3.63, 3.8) is 0 Å². The number of amides is 1. The summed E-state index contributed by atoms with van der Waals surface area (Å²) < 4.78 is 5.98. The molecule has 0 heterocycles. The number of ether oxygens (including phenoxy) is 1. The van der Waals surface area contributed by atoms with Gasteiger partial charge >= 0.3 is 5.97 Å². The summed E-state index contributed by atoms with van der Waals surface area (Å²) in [6, 6.07) is 14.3. The van der Waals surface area contributed by atoms with Gasteiger partial charge in [0.25, 0.3) is 0 Å². The molecule has 0 saturated heterocycles. The smallest absolute Gasteiger partial charge is 0.338 e. The van der Waals surface area contributed by atoms with E-state index in [-0.39, 0.29) is 18.4 Å². The number of esters is 1. The lowest BCUT2D eigenvalue weighted by Gasteiger charge is -2.09. The van der Waals surface area contributed by atoms with Crippen molar-refractivity contribution in [2.75, 3.05) is 23.8 Å². The Bertz CT molecular complexity index is 717. The third-order valence-electron chi connectivity index (χ3n) is 3.45. The number of halogens is 1. The fourth-order valence-corrected chi connectivity index (χ4v) is 2.44. The van der Waals surface area contributed by atoms with Gasteiger partial charge in [-0.05, 0) is 58.7 Å². The van der Waals surface area contributed by atoms with Crippen LogP contribution in [0.25, 0.3) is 0 Å². The molecule has 0 saturated carbocycles. The number of anilines is 2. The predicted octanol–water partition coefficient (Wildman–Crippen LogP) is 4.46. The predicted molar refractivity (Wildman–Crippen MR) is 103 cm³/mol. The molecule has 0 atom stereocenters. The zero-order valence-electron chi connectivity index (χ0n) is 14.0. The van der Waals surface area contributed by atoms with Crippen molar-refractivity contribution in [3.8, 4) is 0 Å². The van der Waals surface area contributed by atoms with Gasteiger partial charge in [0.1, 0.15) is 0 Å². The minimum Gasteiger partial charge on any atom is -0.462 e. The monoisotopic (exact) mass is 404 g/mol. The highest BCUT2D eigenvalue weighted by atomic mass is 79.9. The van der Waals surface area contributed by atoms with E-state index >= 15 is 0 Å². The van der Waals surface area contributed by atoms with E-state index in [0.29, 0.717) is 12.2 Å². The molecule has 0 aliphatic carbocycles. The van der Waals surface area contributed by atoms with Crippen LogP contribution in [0.5, 0.6) is 0 Å². The lowest BCUT2D eigenvalue weighted by atomic mass is 10.2. The van der Waals surface area contributed by atoms with Crippen molar-refractivity contribution in [1.29, 1.82) is 0 Å². The molecular formula is C19H21BrN2O3. The van der Waals surface area contributed by atoms with Gasteiger partial charge < -0.3 is 15.4 Å². The van der Waals surface area contributed by atoms with Gasteiger partial charge in [0.2, 0.25) is 5.91 Å². The summed E-state index contributed by atoms with van der Waals surface area (Å²) in [5.74, 6) is -0.485. The maximum atomic E-state index is 12.0. The summed E-state index contributed by atoms with van der Waals surface area (Å²) in [5.41, 5.74) is 1.98. The van der Waals surface area contributed by atoms with E-state index in [9.17, 15) is 9.59 Å². The van der Waals surface area contributed by atoms with Crippen LogP contribution in [0.3, 0.4) is 0 Å². The van der Waals surface area contributed by atoms with E-state index < -0.39 is 0 Å². The van der Waals surface area contributed by atoms with Crippen LogP contribution >= 0.6 is 15.9 Å². The number of nitrogens with one attached hydrogen (secondary N) is 2. The Balaban J connectivity index is 1.82. The van der Waals surface area contributed by atoms with E-state index in [2.05, 4.69) is 26.6 Å². The fourth-order valence-electron chi connectivity index (χ4n) is 2.06. The molecule has 25 heavy (non-hydrogen) atoms. The third-order valence-corrected chi connectivity index (χ3v) is 4.14. The summed E-state index contributed by atoms with van der Waals surface area (Å²) in [4.78, 5) is 23.8. The molecule has 1 amide bonds. The van der Waals surface area contributed by atoms with E-state index in [1.165, 1.54) is 0 Å². The second-order valence-electron chi connectivity index (χ2n) is 5.45. The number of carbonyl (C=O) groups excluding carboxylic acids is 2. The van der Waals surface area contributed by atoms with E-state index in [4.69, 9.17) is 4.74 Å². The van der Waals surface area contributed by atoms with Crippen molar-refractivity contribution >= 4 is 39.2 Å². The average Bonchev–Trinajstić information content (AvgIpc) is 2.62. The second-order valence-corrected chi connectivity index (χ2v) is 6.30. The first-order valence-electron chi connectivity index (χ1n) is 8.15. The molecule has 0 aromatic heterocycles. The topological polar surface area (TPSA) is 67.4 Å². The zero-order chi connectivity index (χ0) is 18.1. The number of carbonyl (C=O) groups is 2. The maximum Gasteiger partial charge on any atom is 0.338 e. The minimum atomic E-state index is -0.327. The Hall–Kier alpha value is -2.34. The van der Waals surface area contributed by atoms with Crippen molar-refractivity contribution in [3.05, 3.63) is 58.6 Å². The lowest BCUT2D eigenvalue weighted by molar-refractivity contribution is -0.114. The Kier molecular flexibility index (Phi) is 7.47. The summed E-state index contributed by atoms with van der Waals surface area (Å²) >= 11 is 3.39. The molecule has 5 nitrogen and oxygen atoms in total. The van der Waals surface area contributed by atoms with Crippen molar-refractivity contribution < 1.29 is 14.3 Å². The normalized spacial score (nSPS) is 10.2. The number of hydrogen-bond donors (Lipinski definition) is 2. The fraction of sp³-hybridized carbons (Fsp3) is 0.263. The molecule has 0 fully saturated rings. The van der Waals surface area contributed by atoms with Crippen molar-refractivity contribution in [2.45, 2.75) is 19.8 Å². The van der Waals surface area contributed by atoms with Crippen LogP contribution in [0.15, 0.2) is 53.0 Å². The average molecular weight is 405 g/mol. The first-order chi connectivity index (χ1) is 12.1. The van der Waals surface area contributed by atoms with Gasteiger partial charge in [-0.2, -0.15) is 0 Å². The summed E-state index contributed by atoms with van der Waals surface area (Å²) in [6.45, 7) is 2.60. The largest absolute Gasteiger partial charge is 0.462 e. The highest BCUT2D eigenvalue weighted by molar-refractivity contribution is 9.10. The molecule has 0 spiro atoms. The molecule has 6 heteroatoms. The highest BCUT2D eigenvalue weighted by Crippen LogP contribution is 2.21. The van der Waals surface area contributed by atoms with Gasteiger partial charge in [0.15, 0.2) is 0 Å². The van der Waals surface area contributed by atoms with Crippen LogP contribution in [-0.4, -0.2) is 25.0 Å². The van der Waals surface area contributed by atoms with Gasteiger partial charge in [-0.1, -0.05) is 25.5 Å². The number of unbranched alkanes of at least 4 members (excludes halogenated alkanes) is 1. The van der Waals surface area contributed by atoms with Gasteiger partial charge in [-0.25, -0.2) is 4.79 Å². The molecule has 2 N–H and O–H groups in total. The van der Waals surface area contributed by atoms with E-state index in [1.54, 1.807) is 24.3 Å². The number of benzene rings is 2. The van der Waals surface area contributed by atoms with Crippen LogP contribution in [0.4, 0.5) is 11.4 Å². The SMILES string of the molecule is CCCCOC(=O)c1ccc(NCC(=O)Nc2ccccc2Br)cc1. The molecule has 0 aliphatic heterocycles. The van der Waals surface area contributed by atoms with Crippen LogP contribution in [0.1, 0.15) is 30.1 Å². The Morgan fingerprint density at radius 3 is 2.48 bits per heavy atom. The van der Waals surface area contributed by atoms with Crippen LogP contribution in [0, 0.1) is 0 Å². The third kappa shape index (κ3) is 6.23. The summed E-state index contributed by atoms with van der Waals surface area (Å²) in [7, 11) is 0. The molecule has 2 aromatic rings. The van der Waals surface area contributed by atoms with Gasteiger partial charge in [0.05, 0.1) is 24.4 Å². The van der Waals surface area contributed by atoms with Gasteiger partial charge in [0, 0.05) is 10.2 Å². The zero-order valence-corrected chi connectivity index (χ0v) is 15.6. The quantitative estimate of drug-likeness (QED) is 0.503. The standard InChI is InChI=1S/C19H21BrN2O3/c1-2-3-12-25-19(24)14-8-10-15(11-9-14)21-13-18(23)22-17-7-5-4-6-16(17)20/h4-11,21H,2-3,12-13H2,1H3,(H,22,23). The number of rotatable bonds is 8. The maximum absolute atomic E-state index is 12.0. The first-order valence-corrected chi connectivity index (χ1v) is 8.95. The van der Waals surface area contributed by atoms with Crippen molar-refractivity contribution in [2.24, 2.45) is 0 Å². The van der Waals surface area contributed by atoms with E-state index in [0.717, 1.165) is 28.7 Å². The molecule has 0 bridgehead atoms. The number of hydrogen-bond acceptors (Lipinski definition) is 4. The highest BCUT2D eigenvalue weighted by Gasteiger charge is 2.08. The first kappa shape index (κ1) is 19.0. The molecule has 2 rings (SSSR count). The molecule has 0 aliphatic rings. The molecule has 2 aromatic carbocycles. The van der Waals surface area contributed by atoms with Gasteiger partial charge in [-0.3, -0.25) is 4.79 Å². The number of para-hydroxylation sites is 1. The Morgan fingerprint density at radius 1 is 1.08 bits per heavy atom. The van der Waals surface area contributed by atoms with E-state index in [1.807, 2.05) is 31.2 Å². The summed E-state index contributed by atoms with van der Waals surface area (Å²) in [6.07, 6.45) is 1.84. The Labute approximate surface area is 155 Å². The lowest BCUT2D eigenvalue weighted by Crippen LogP contribution is -2.21. The summed E-state index contributed by atoms with van der Waals surface area (Å²) in [5, 5.41) is 5.84. The molecule has 132 valence electrons. The minimum absolute atomic E-state index is 0.127. The molecule has 0 radical (unpaired) electrons. The van der Waals surface area contributed by atoms with Crippen LogP contribution in [0.2, 0.25) is 0 Å². The molecular weight excluding hydrogens is 384 g/mol. The van der Waals surface area contributed by atoms with Crippen molar-refractivity contribution in [1.82, 2.24) is 0 Å². The van der Waals surface area contributed by atoms with Crippen LogP contribution < -0.4 is 10.6 Å². The Morgan fingerprint density at radius 2 is 1.80 bits per heavy atom. The second kappa shape index (κ2) is 9.84. The van der Waals surface area contributed by atoms with Gasteiger partial charge in [-0.15, -0.1) is 0 Å².